The third kappa shape index (κ3) is 3.94. The maximum absolute atomic E-state index is 12.6. The Morgan fingerprint density at radius 2 is 1.93 bits per heavy atom. The predicted octanol–water partition coefficient (Wildman–Crippen LogP) is 3.91. The van der Waals surface area contributed by atoms with Crippen LogP contribution in [0.25, 0.3) is 10.9 Å². The summed E-state index contributed by atoms with van der Waals surface area (Å²) in [6, 6.07) is 12.3. The second kappa shape index (κ2) is 8.03. The minimum Gasteiger partial charge on any atom is -0.502 e. The summed E-state index contributed by atoms with van der Waals surface area (Å²) in [4.78, 5) is 24.8. The van der Waals surface area contributed by atoms with Gasteiger partial charge in [0.25, 0.3) is 11.5 Å². The molecule has 0 aliphatic carbocycles. The molecular weight excluding hydrogens is 387 g/mol. The monoisotopic (exact) mass is 404 g/mol. The average Bonchev–Trinajstić information content (AvgIpc) is 2.65. The number of carbonyl (C=O) groups is 1. The highest BCUT2D eigenvalue weighted by molar-refractivity contribution is 6.35. The van der Waals surface area contributed by atoms with Gasteiger partial charge in [-0.25, -0.2) is 0 Å². The highest BCUT2D eigenvalue weighted by atomic mass is 35.5. The van der Waals surface area contributed by atoms with E-state index in [-0.39, 0.29) is 5.56 Å². The van der Waals surface area contributed by atoms with E-state index in [0.717, 1.165) is 5.56 Å². The number of aromatic nitrogens is 1. The number of pyridine rings is 1. The molecule has 0 bridgehead atoms. The van der Waals surface area contributed by atoms with Crippen LogP contribution >= 0.6 is 23.2 Å². The number of rotatable bonds is 5. The van der Waals surface area contributed by atoms with Crippen molar-refractivity contribution in [1.29, 1.82) is 0 Å². The van der Waals surface area contributed by atoms with Gasteiger partial charge in [0.2, 0.25) is 0 Å². The number of hydrogen-bond donors (Lipinski definition) is 2. The van der Waals surface area contributed by atoms with Crippen molar-refractivity contribution < 1.29 is 9.90 Å². The van der Waals surface area contributed by atoms with Gasteiger partial charge >= 0.3 is 0 Å². The first-order valence-corrected chi connectivity index (χ1v) is 9.18. The molecule has 1 heterocycles. The zero-order chi connectivity index (χ0) is 19.6. The molecule has 0 fully saturated rings. The van der Waals surface area contributed by atoms with E-state index in [1.165, 1.54) is 4.57 Å². The SMILES string of the molecule is Cn1c(=O)c(O)c(C(=O)NCCCc2ccc(Cl)cc2Cl)c2ccccc21. The lowest BCUT2D eigenvalue weighted by Gasteiger charge is -2.12. The first-order valence-electron chi connectivity index (χ1n) is 8.43. The molecule has 1 amide bonds. The Hall–Kier alpha value is -2.50. The minimum atomic E-state index is -0.605. The van der Waals surface area contributed by atoms with Crippen LogP contribution in [0.5, 0.6) is 5.75 Å². The third-order valence-corrected chi connectivity index (χ3v) is 5.02. The number of nitrogens with zero attached hydrogens (tertiary/aromatic N) is 1. The zero-order valence-electron chi connectivity index (χ0n) is 14.6. The van der Waals surface area contributed by atoms with Crippen molar-refractivity contribution in [1.82, 2.24) is 9.88 Å². The van der Waals surface area contributed by atoms with Gasteiger partial charge < -0.3 is 15.0 Å². The summed E-state index contributed by atoms with van der Waals surface area (Å²) in [6.45, 7) is 0.376. The fraction of sp³-hybridized carbons (Fsp3) is 0.200. The van der Waals surface area contributed by atoms with Crippen molar-refractivity contribution in [2.45, 2.75) is 12.8 Å². The number of halogens is 2. The zero-order valence-corrected chi connectivity index (χ0v) is 16.1. The van der Waals surface area contributed by atoms with E-state index in [2.05, 4.69) is 5.32 Å². The van der Waals surface area contributed by atoms with Crippen molar-refractivity contribution in [3.05, 3.63) is 74.0 Å². The number of benzene rings is 2. The molecule has 3 rings (SSSR count). The molecule has 0 spiro atoms. The molecule has 27 heavy (non-hydrogen) atoms. The van der Waals surface area contributed by atoms with Crippen LogP contribution in [-0.4, -0.2) is 22.1 Å². The quantitative estimate of drug-likeness (QED) is 0.633. The van der Waals surface area contributed by atoms with Gasteiger partial charge in [0, 0.05) is 29.0 Å². The van der Waals surface area contributed by atoms with Crippen molar-refractivity contribution >= 4 is 40.0 Å². The topological polar surface area (TPSA) is 71.3 Å². The number of amides is 1. The summed E-state index contributed by atoms with van der Waals surface area (Å²) in [5, 5.41) is 14.7. The molecular formula is C20H18Cl2N2O3. The molecule has 0 radical (unpaired) electrons. The highest BCUT2D eigenvalue weighted by Crippen LogP contribution is 2.24. The lowest BCUT2D eigenvalue weighted by molar-refractivity contribution is 0.0952. The van der Waals surface area contributed by atoms with Crippen LogP contribution in [0.3, 0.4) is 0 Å². The van der Waals surface area contributed by atoms with E-state index in [1.807, 2.05) is 6.07 Å². The number of nitrogens with one attached hydrogen (secondary N) is 1. The Morgan fingerprint density at radius 1 is 1.19 bits per heavy atom. The highest BCUT2D eigenvalue weighted by Gasteiger charge is 2.20. The van der Waals surface area contributed by atoms with E-state index in [1.54, 1.807) is 43.4 Å². The van der Waals surface area contributed by atoms with Crippen molar-refractivity contribution in [3.8, 4) is 5.75 Å². The summed E-state index contributed by atoms with van der Waals surface area (Å²) in [5.74, 6) is -1.03. The van der Waals surface area contributed by atoms with E-state index in [0.29, 0.717) is 40.3 Å². The summed E-state index contributed by atoms with van der Waals surface area (Å²) < 4.78 is 1.32. The van der Waals surface area contributed by atoms with Gasteiger partial charge in [0.1, 0.15) is 0 Å². The summed E-state index contributed by atoms with van der Waals surface area (Å²) in [6.07, 6.45) is 1.32. The molecule has 0 atom stereocenters. The molecule has 140 valence electrons. The third-order valence-electron chi connectivity index (χ3n) is 4.43. The van der Waals surface area contributed by atoms with Crippen LogP contribution in [0.15, 0.2) is 47.3 Å². The van der Waals surface area contributed by atoms with E-state index < -0.39 is 17.2 Å². The summed E-state index contributed by atoms with van der Waals surface area (Å²) in [5.41, 5.74) is 0.917. The predicted molar refractivity (Wildman–Crippen MR) is 108 cm³/mol. The van der Waals surface area contributed by atoms with E-state index >= 15 is 0 Å². The van der Waals surface area contributed by atoms with Gasteiger partial charge in [0.05, 0.1) is 11.1 Å². The first kappa shape index (κ1) is 19.3. The van der Waals surface area contributed by atoms with Crippen LogP contribution in [0, 0.1) is 0 Å². The van der Waals surface area contributed by atoms with Gasteiger partial charge in [-0.3, -0.25) is 9.59 Å². The van der Waals surface area contributed by atoms with Crippen molar-refractivity contribution in [2.75, 3.05) is 6.54 Å². The smallest absolute Gasteiger partial charge is 0.293 e. The maximum Gasteiger partial charge on any atom is 0.293 e. The molecule has 3 aromatic rings. The lowest BCUT2D eigenvalue weighted by atomic mass is 10.1. The number of carbonyl (C=O) groups excluding carboxylic acids is 1. The van der Waals surface area contributed by atoms with Gasteiger partial charge in [-0.15, -0.1) is 0 Å². The standard InChI is InChI=1S/C20H18Cl2N2O3/c1-24-16-7-3-2-6-14(16)17(18(25)20(24)27)19(26)23-10-4-5-12-8-9-13(21)11-15(12)22/h2-3,6-9,11,25H,4-5,10H2,1H3,(H,23,26). The average molecular weight is 405 g/mol. The molecule has 2 aromatic carbocycles. The number of para-hydroxylation sites is 1. The second-order valence-electron chi connectivity index (χ2n) is 6.20. The molecule has 0 saturated carbocycles. The van der Waals surface area contributed by atoms with Gasteiger partial charge in [-0.05, 0) is 36.6 Å². The second-order valence-corrected chi connectivity index (χ2v) is 7.04. The van der Waals surface area contributed by atoms with Crippen LogP contribution in [0.2, 0.25) is 10.0 Å². The number of fused-ring (bicyclic) bond motifs is 1. The number of aryl methyl sites for hydroxylation is 2. The van der Waals surface area contributed by atoms with Crippen LogP contribution in [0.4, 0.5) is 0 Å². The molecule has 5 nitrogen and oxygen atoms in total. The van der Waals surface area contributed by atoms with Gasteiger partial charge in [-0.1, -0.05) is 47.5 Å². The van der Waals surface area contributed by atoms with Crippen molar-refractivity contribution in [3.63, 3.8) is 0 Å². The van der Waals surface area contributed by atoms with Crippen LogP contribution < -0.4 is 10.9 Å². The summed E-state index contributed by atoms with van der Waals surface area (Å²) in [7, 11) is 1.56. The molecule has 7 heteroatoms. The molecule has 0 saturated heterocycles. The largest absolute Gasteiger partial charge is 0.502 e. The Morgan fingerprint density at radius 3 is 2.67 bits per heavy atom. The number of aromatic hydroxyl groups is 1. The summed E-state index contributed by atoms with van der Waals surface area (Å²) >= 11 is 12.0. The van der Waals surface area contributed by atoms with Crippen LogP contribution in [-0.2, 0) is 13.5 Å². The Labute approximate surface area is 166 Å². The Bertz CT molecular complexity index is 1080. The normalized spacial score (nSPS) is 10.9. The lowest BCUT2D eigenvalue weighted by Crippen LogP contribution is -2.28. The fourth-order valence-corrected chi connectivity index (χ4v) is 3.51. The van der Waals surface area contributed by atoms with Gasteiger partial charge in [0.15, 0.2) is 5.75 Å². The maximum atomic E-state index is 12.6. The van der Waals surface area contributed by atoms with E-state index in [9.17, 15) is 14.7 Å². The van der Waals surface area contributed by atoms with Crippen LogP contribution in [0.1, 0.15) is 22.3 Å². The first-order chi connectivity index (χ1) is 12.9. The van der Waals surface area contributed by atoms with Gasteiger partial charge in [-0.2, -0.15) is 0 Å². The van der Waals surface area contributed by atoms with E-state index in [4.69, 9.17) is 23.2 Å². The molecule has 1 aromatic heterocycles. The Kier molecular flexibility index (Phi) is 5.73. The molecule has 2 N–H and O–H groups in total. The fourth-order valence-electron chi connectivity index (χ4n) is 3.00. The minimum absolute atomic E-state index is 0.00164. The van der Waals surface area contributed by atoms with Crippen molar-refractivity contribution in [2.24, 2.45) is 7.05 Å². The Balaban J connectivity index is 1.74. The molecule has 0 unspecified atom stereocenters. The molecule has 0 aliphatic rings. The molecule has 0 aliphatic heterocycles. The number of hydrogen-bond acceptors (Lipinski definition) is 3.